The lowest BCUT2D eigenvalue weighted by atomic mass is 10.1. The van der Waals surface area contributed by atoms with Crippen LogP contribution in [0.1, 0.15) is 21.4 Å². The second-order valence-corrected chi connectivity index (χ2v) is 6.14. The van der Waals surface area contributed by atoms with Crippen LogP contribution in [-0.2, 0) is 6.54 Å². The van der Waals surface area contributed by atoms with Gasteiger partial charge in [0.2, 0.25) is 0 Å². The SMILES string of the molecule is O=C1c2cccn2[C@H]2CNC[C@H]2N1Cc1cccs1. The van der Waals surface area contributed by atoms with E-state index in [0.717, 1.165) is 25.3 Å². The van der Waals surface area contributed by atoms with Crippen molar-refractivity contribution in [1.29, 1.82) is 0 Å². The molecule has 0 spiro atoms. The molecule has 1 N–H and O–H groups in total. The molecule has 98 valence electrons. The summed E-state index contributed by atoms with van der Waals surface area (Å²) in [4.78, 5) is 15.9. The molecule has 4 heterocycles. The molecule has 0 aromatic carbocycles. The number of rotatable bonds is 2. The summed E-state index contributed by atoms with van der Waals surface area (Å²) in [6.07, 6.45) is 2.03. The van der Waals surface area contributed by atoms with Crippen LogP contribution in [0.15, 0.2) is 35.8 Å². The first-order valence-corrected chi connectivity index (χ1v) is 7.43. The van der Waals surface area contributed by atoms with Gasteiger partial charge < -0.3 is 14.8 Å². The average molecular weight is 273 g/mol. The van der Waals surface area contributed by atoms with Crippen LogP contribution in [0.3, 0.4) is 0 Å². The van der Waals surface area contributed by atoms with E-state index < -0.39 is 0 Å². The third kappa shape index (κ3) is 1.65. The highest BCUT2D eigenvalue weighted by molar-refractivity contribution is 7.09. The summed E-state index contributed by atoms with van der Waals surface area (Å²) in [5.74, 6) is 0.156. The quantitative estimate of drug-likeness (QED) is 0.904. The standard InChI is InChI=1S/C14H15N3OS/c18-14-11-4-1-5-16(11)12-7-15-8-13(12)17(14)9-10-3-2-6-19-10/h1-6,12-13,15H,7-9H2/t12-,13+/m0/s1. The number of carbonyl (C=O) groups is 1. The molecule has 2 aliphatic rings. The van der Waals surface area contributed by atoms with Crippen molar-refractivity contribution in [2.24, 2.45) is 0 Å². The number of hydrogen-bond donors (Lipinski definition) is 1. The smallest absolute Gasteiger partial charge is 0.271 e. The lowest BCUT2D eigenvalue weighted by molar-refractivity contribution is 0.0564. The van der Waals surface area contributed by atoms with E-state index in [1.165, 1.54) is 4.88 Å². The summed E-state index contributed by atoms with van der Waals surface area (Å²) in [7, 11) is 0. The lowest BCUT2D eigenvalue weighted by Crippen LogP contribution is -2.49. The molecule has 0 saturated carbocycles. The van der Waals surface area contributed by atoms with E-state index in [9.17, 15) is 4.79 Å². The van der Waals surface area contributed by atoms with Crippen LogP contribution in [0.5, 0.6) is 0 Å². The van der Waals surface area contributed by atoms with Crippen LogP contribution in [0.4, 0.5) is 0 Å². The highest BCUT2D eigenvalue weighted by atomic mass is 32.1. The number of aromatic nitrogens is 1. The van der Waals surface area contributed by atoms with Crippen molar-refractivity contribution < 1.29 is 4.79 Å². The largest absolute Gasteiger partial charge is 0.337 e. The van der Waals surface area contributed by atoms with E-state index in [1.54, 1.807) is 11.3 Å². The van der Waals surface area contributed by atoms with Gasteiger partial charge in [-0.15, -0.1) is 11.3 Å². The van der Waals surface area contributed by atoms with Crippen molar-refractivity contribution in [2.75, 3.05) is 13.1 Å². The molecule has 0 aliphatic carbocycles. The Morgan fingerprint density at radius 3 is 3.00 bits per heavy atom. The second-order valence-electron chi connectivity index (χ2n) is 5.11. The monoisotopic (exact) mass is 273 g/mol. The molecule has 1 amide bonds. The minimum atomic E-state index is 0.156. The van der Waals surface area contributed by atoms with Gasteiger partial charge in [-0.2, -0.15) is 0 Å². The Labute approximate surface area is 115 Å². The van der Waals surface area contributed by atoms with Gasteiger partial charge in [-0.3, -0.25) is 4.79 Å². The van der Waals surface area contributed by atoms with Gasteiger partial charge in [-0.05, 0) is 23.6 Å². The minimum Gasteiger partial charge on any atom is -0.337 e. The Morgan fingerprint density at radius 1 is 1.26 bits per heavy atom. The number of thiophene rings is 1. The normalized spacial score (nSPS) is 25.5. The van der Waals surface area contributed by atoms with Gasteiger partial charge in [-0.1, -0.05) is 6.07 Å². The van der Waals surface area contributed by atoms with Crippen LogP contribution >= 0.6 is 11.3 Å². The molecule has 0 radical (unpaired) electrons. The third-order valence-electron chi connectivity index (χ3n) is 4.07. The molecule has 2 aromatic rings. The molecule has 0 bridgehead atoms. The maximum absolute atomic E-state index is 12.6. The van der Waals surface area contributed by atoms with Gasteiger partial charge >= 0.3 is 0 Å². The molecule has 4 nitrogen and oxygen atoms in total. The number of carbonyl (C=O) groups excluding carboxylic acids is 1. The van der Waals surface area contributed by atoms with Crippen LogP contribution in [-0.4, -0.2) is 34.5 Å². The molecule has 1 fully saturated rings. The molecule has 1 saturated heterocycles. The highest BCUT2D eigenvalue weighted by Gasteiger charge is 2.41. The predicted octanol–water partition coefficient (Wildman–Crippen LogP) is 1.72. The maximum atomic E-state index is 12.6. The Hall–Kier alpha value is -1.59. The van der Waals surface area contributed by atoms with E-state index in [2.05, 4.69) is 21.3 Å². The summed E-state index contributed by atoms with van der Waals surface area (Å²) in [6, 6.07) is 8.69. The molecule has 2 atom stereocenters. The van der Waals surface area contributed by atoms with E-state index in [-0.39, 0.29) is 11.9 Å². The second kappa shape index (κ2) is 4.21. The first-order valence-electron chi connectivity index (χ1n) is 6.55. The van der Waals surface area contributed by atoms with Crippen molar-refractivity contribution in [3.63, 3.8) is 0 Å². The first-order chi connectivity index (χ1) is 9.34. The fourth-order valence-electron chi connectivity index (χ4n) is 3.17. The summed E-state index contributed by atoms with van der Waals surface area (Å²) in [5.41, 5.74) is 0.821. The predicted molar refractivity (Wildman–Crippen MR) is 74.3 cm³/mol. The van der Waals surface area contributed by atoms with Crippen LogP contribution in [0, 0.1) is 0 Å². The van der Waals surface area contributed by atoms with Crippen LogP contribution in [0.2, 0.25) is 0 Å². The van der Waals surface area contributed by atoms with Gasteiger partial charge in [-0.25, -0.2) is 0 Å². The zero-order valence-electron chi connectivity index (χ0n) is 10.5. The van der Waals surface area contributed by atoms with Crippen LogP contribution in [0.25, 0.3) is 0 Å². The Bertz CT molecular complexity index is 604. The Morgan fingerprint density at radius 2 is 2.16 bits per heavy atom. The maximum Gasteiger partial charge on any atom is 0.271 e. The van der Waals surface area contributed by atoms with Crippen molar-refractivity contribution in [1.82, 2.24) is 14.8 Å². The van der Waals surface area contributed by atoms with E-state index >= 15 is 0 Å². The van der Waals surface area contributed by atoms with Gasteiger partial charge in [0.15, 0.2) is 0 Å². The highest BCUT2D eigenvalue weighted by Crippen LogP contribution is 2.31. The van der Waals surface area contributed by atoms with Crippen molar-refractivity contribution in [3.05, 3.63) is 46.4 Å². The number of hydrogen-bond acceptors (Lipinski definition) is 3. The van der Waals surface area contributed by atoms with E-state index in [1.807, 2.05) is 29.3 Å². The van der Waals surface area contributed by atoms with Crippen molar-refractivity contribution in [2.45, 2.75) is 18.6 Å². The summed E-state index contributed by atoms with van der Waals surface area (Å²) in [6.45, 7) is 2.56. The molecular weight excluding hydrogens is 258 g/mol. The molecule has 4 rings (SSSR count). The summed E-state index contributed by atoms with van der Waals surface area (Å²) >= 11 is 1.72. The van der Waals surface area contributed by atoms with E-state index in [4.69, 9.17) is 0 Å². The zero-order valence-corrected chi connectivity index (χ0v) is 11.3. The first kappa shape index (κ1) is 11.3. The fourth-order valence-corrected chi connectivity index (χ4v) is 3.88. The molecule has 2 aliphatic heterocycles. The lowest BCUT2D eigenvalue weighted by Gasteiger charge is -2.38. The van der Waals surface area contributed by atoms with Crippen LogP contribution < -0.4 is 5.32 Å². The molecule has 19 heavy (non-hydrogen) atoms. The number of fused-ring (bicyclic) bond motifs is 3. The zero-order chi connectivity index (χ0) is 12.8. The van der Waals surface area contributed by atoms with Gasteiger partial charge in [0.25, 0.3) is 5.91 Å². The van der Waals surface area contributed by atoms with Crippen molar-refractivity contribution >= 4 is 17.2 Å². The third-order valence-corrected chi connectivity index (χ3v) is 4.94. The number of nitrogens with zero attached hydrogens (tertiary/aromatic N) is 2. The van der Waals surface area contributed by atoms with Gasteiger partial charge in [0, 0.05) is 24.2 Å². The Kier molecular flexibility index (Phi) is 2.50. The topological polar surface area (TPSA) is 37.3 Å². The minimum absolute atomic E-state index is 0.156. The summed E-state index contributed by atoms with van der Waals surface area (Å²) < 4.78 is 2.14. The fraction of sp³-hybridized carbons (Fsp3) is 0.357. The number of nitrogens with one attached hydrogen (secondary N) is 1. The molecular formula is C14H15N3OS. The summed E-state index contributed by atoms with van der Waals surface area (Å²) in [5, 5.41) is 5.48. The Balaban J connectivity index is 1.73. The van der Waals surface area contributed by atoms with Crippen molar-refractivity contribution in [3.8, 4) is 0 Å². The average Bonchev–Trinajstić information content (AvgIpc) is 3.12. The molecule has 5 heteroatoms. The van der Waals surface area contributed by atoms with Gasteiger partial charge in [0.1, 0.15) is 5.69 Å². The van der Waals surface area contributed by atoms with Gasteiger partial charge in [0.05, 0.1) is 18.6 Å². The van der Waals surface area contributed by atoms with E-state index in [0.29, 0.717) is 6.04 Å². The molecule has 2 aromatic heterocycles. The molecule has 0 unspecified atom stereocenters. The number of amides is 1.